The predicted octanol–water partition coefficient (Wildman–Crippen LogP) is 2.71. The van der Waals surface area contributed by atoms with Crippen LogP contribution in [0.5, 0.6) is 5.75 Å². The average molecular weight is 228 g/mol. The molecule has 2 atom stereocenters. The van der Waals surface area contributed by atoms with Gasteiger partial charge in [-0.3, -0.25) is 0 Å². The third kappa shape index (κ3) is 2.27. The van der Waals surface area contributed by atoms with E-state index in [2.05, 4.69) is 19.1 Å². The van der Waals surface area contributed by atoms with Gasteiger partial charge in [-0.25, -0.2) is 0 Å². The number of methoxy groups -OCH3 is 1. The molecule has 1 aliphatic carbocycles. The average Bonchev–Trinajstić information content (AvgIpc) is 2.92. The van der Waals surface area contributed by atoms with Gasteiger partial charge >= 0.3 is 0 Å². The molecule has 0 saturated heterocycles. The van der Waals surface area contributed by atoms with Crippen LogP contribution in [0.15, 0.2) is 24.3 Å². The number of nitrogens with two attached hydrogens (primary N) is 1. The van der Waals surface area contributed by atoms with Gasteiger partial charge in [-0.05, 0) is 30.5 Å². The molecule has 1 saturated carbocycles. The summed E-state index contributed by atoms with van der Waals surface area (Å²) < 4.78 is 5.19. The molecule has 1 fully saturated rings. The van der Waals surface area contributed by atoms with Crippen molar-refractivity contribution in [3.8, 4) is 5.75 Å². The van der Waals surface area contributed by atoms with Crippen molar-refractivity contribution < 1.29 is 4.74 Å². The van der Waals surface area contributed by atoms with Gasteiger partial charge in [0.25, 0.3) is 0 Å². The number of rotatable bonds is 3. The normalized spacial score (nSPS) is 28.1. The van der Waals surface area contributed by atoms with E-state index in [0.717, 1.165) is 18.6 Å². The van der Waals surface area contributed by atoms with Gasteiger partial charge in [-0.15, -0.1) is 12.4 Å². The number of hydrogen-bond donors (Lipinski definition) is 1. The van der Waals surface area contributed by atoms with E-state index in [1.165, 1.54) is 5.56 Å². The molecule has 0 spiro atoms. The first-order chi connectivity index (χ1) is 6.69. The quantitative estimate of drug-likeness (QED) is 0.862. The predicted molar refractivity (Wildman–Crippen MR) is 64.8 cm³/mol. The lowest BCUT2D eigenvalue weighted by Crippen LogP contribution is -2.22. The van der Waals surface area contributed by atoms with Crippen molar-refractivity contribution >= 4 is 12.4 Å². The molecule has 3 heteroatoms. The third-order valence-electron chi connectivity index (χ3n) is 3.27. The van der Waals surface area contributed by atoms with Gasteiger partial charge in [0.05, 0.1) is 7.11 Å². The van der Waals surface area contributed by atoms with E-state index in [1.54, 1.807) is 7.11 Å². The molecule has 0 amide bonds. The lowest BCUT2D eigenvalue weighted by molar-refractivity contribution is 0.414. The number of hydrogen-bond acceptors (Lipinski definition) is 2. The van der Waals surface area contributed by atoms with E-state index in [0.29, 0.717) is 5.92 Å². The minimum atomic E-state index is 0. The van der Waals surface area contributed by atoms with Gasteiger partial charge in [-0.1, -0.05) is 19.1 Å². The number of halogens is 1. The van der Waals surface area contributed by atoms with Crippen LogP contribution in [-0.4, -0.2) is 12.6 Å². The van der Waals surface area contributed by atoms with E-state index in [4.69, 9.17) is 10.5 Å². The summed E-state index contributed by atoms with van der Waals surface area (Å²) in [6.45, 7) is 2.15. The van der Waals surface area contributed by atoms with Crippen molar-refractivity contribution in [1.29, 1.82) is 0 Å². The Morgan fingerprint density at radius 3 is 2.80 bits per heavy atom. The first kappa shape index (κ1) is 12.3. The Balaban J connectivity index is 0.00000112. The highest BCUT2D eigenvalue weighted by atomic mass is 35.5. The Kier molecular flexibility index (Phi) is 3.63. The molecule has 2 nitrogen and oxygen atoms in total. The fraction of sp³-hybridized carbons (Fsp3) is 0.500. The van der Waals surface area contributed by atoms with Crippen molar-refractivity contribution in [3.05, 3.63) is 29.8 Å². The molecule has 0 aromatic heterocycles. The molecular weight excluding hydrogens is 210 g/mol. The summed E-state index contributed by atoms with van der Waals surface area (Å²) in [6.07, 6.45) is 2.16. The molecule has 0 aliphatic heterocycles. The highest BCUT2D eigenvalue weighted by molar-refractivity contribution is 5.85. The van der Waals surface area contributed by atoms with Crippen molar-refractivity contribution in [1.82, 2.24) is 0 Å². The molecule has 1 aromatic rings. The highest BCUT2D eigenvalue weighted by Crippen LogP contribution is 2.51. The molecule has 0 radical (unpaired) electrons. The standard InChI is InChI=1S/C12H17NO.ClH/c1-3-12(13)8-11(12)9-5-4-6-10(7-9)14-2;/h4-7,11H,3,8,13H2,1-2H3;1H/t11-,12+;/m1./s1. The van der Waals surface area contributed by atoms with Crippen LogP contribution >= 0.6 is 12.4 Å². The van der Waals surface area contributed by atoms with E-state index < -0.39 is 0 Å². The minimum Gasteiger partial charge on any atom is -0.497 e. The van der Waals surface area contributed by atoms with E-state index in [1.807, 2.05) is 12.1 Å². The first-order valence-corrected chi connectivity index (χ1v) is 5.12. The zero-order valence-corrected chi connectivity index (χ0v) is 10.0. The maximum atomic E-state index is 6.17. The summed E-state index contributed by atoms with van der Waals surface area (Å²) in [5, 5.41) is 0. The van der Waals surface area contributed by atoms with Gasteiger partial charge in [0, 0.05) is 11.5 Å². The van der Waals surface area contributed by atoms with Crippen LogP contribution in [-0.2, 0) is 0 Å². The Morgan fingerprint density at radius 2 is 2.27 bits per heavy atom. The lowest BCUT2D eigenvalue weighted by atomic mass is 10.0. The second kappa shape index (κ2) is 4.42. The second-order valence-electron chi connectivity index (χ2n) is 4.12. The topological polar surface area (TPSA) is 35.2 Å². The molecule has 1 aliphatic rings. The molecule has 15 heavy (non-hydrogen) atoms. The molecule has 0 heterocycles. The number of ether oxygens (including phenoxy) is 1. The molecule has 2 rings (SSSR count). The van der Waals surface area contributed by atoms with Crippen LogP contribution in [0.4, 0.5) is 0 Å². The van der Waals surface area contributed by atoms with Crippen LogP contribution in [0.25, 0.3) is 0 Å². The first-order valence-electron chi connectivity index (χ1n) is 5.12. The Hall–Kier alpha value is -0.730. The maximum Gasteiger partial charge on any atom is 0.119 e. The van der Waals surface area contributed by atoms with Gasteiger partial charge < -0.3 is 10.5 Å². The van der Waals surface area contributed by atoms with Crippen LogP contribution in [0.1, 0.15) is 31.2 Å². The second-order valence-corrected chi connectivity index (χ2v) is 4.12. The van der Waals surface area contributed by atoms with Gasteiger partial charge in [0.1, 0.15) is 5.75 Å². The number of benzene rings is 1. The van der Waals surface area contributed by atoms with E-state index >= 15 is 0 Å². The van der Waals surface area contributed by atoms with Gasteiger partial charge in [0.15, 0.2) is 0 Å². The summed E-state index contributed by atoms with van der Waals surface area (Å²) in [4.78, 5) is 0. The van der Waals surface area contributed by atoms with Crippen LogP contribution in [0.3, 0.4) is 0 Å². The summed E-state index contributed by atoms with van der Waals surface area (Å²) in [5.74, 6) is 1.45. The zero-order chi connectivity index (χ0) is 10.2. The van der Waals surface area contributed by atoms with Crippen molar-refractivity contribution in [3.63, 3.8) is 0 Å². The van der Waals surface area contributed by atoms with Crippen molar-refractivity contribution in [2.45, 2.75) is 31.2 Å². The fourth-order valence-electron chi connectivity index (χ4n) is 2.02. The minimum absolute atomic E-state index is 0. The van der Waals surface area contributed by atoms with E-state index in [9.17, 15) is 0 Å². The van der Waals surface area contributed by atoms with Crippen molar-refractivity contribution in [2.75, 3.05) is 7.11 Å². The SMILES string of the molecule is CC[C@]1(N)C[C@@H]1c1cccc(OC)c1.Cl. The molecule has 1 aromatic carbocycles. The zero-order valence-electron chi connectivity index (χ0n) is 9.19. The van der Waals surface area contributed by atoms with Crippen LogP contribution in [0, 0.1) is 0 Å². The Bertz CT molecular complexity index is 342. The van der Waals surface area contributed by atoms with Crippen LogP contribution in [0.2, 0.25) is 0 Å². The highest BCUT2D eigenvalue weighted by Gasteiger charge is 2.49. The largest absolute Gasteiger partial charge is 0.497 e. The Morgan fingerprint density at radius 1 is 1.53 bits per heavy atom. The third-order valence-corrected chi connectivity index (χ3v) is 3.27. The van der Waals surface area contributed by atoms with Crippen molar-refractivity contribution in [2.24, 2.45) is 5.73 Å². The molecular formula is C12H18ClNO. The van der Waals surface area contributed by atoms with E-state index in [-0.39, 0.29) is 17.9 Å². The van der Waals surface area contributed by atoms with Gasteiger partial charge in [0.2, 0.25) is 0 Å². The summed E-state index contributed by atoms with van der Waals surface area (Å²) >= 11 is 0. The fourth-order valence-corrected chi connectivity index (χ4v) is 2.02. The molecule has 84 valence electrons. The molecule has 0 bridgehead atoms. The van der Waals surface area contributed by atoms with Gasteiger partial charge in [-0.2, -0.15) is 0 Å². The summed E-state index contributed by atoms with van der Waals surface area (Å²) in [6, 6.07) is 8.23. The summed E-state index contributed by atoms with van der Waals surface area (Å²) in [5.41, 5.74) is 7.53. The Labute approximate surface area is 97.2 Å². The smallest absolute Gasteiger partial charge is 0.119 e. The maximum absolute atomic E-state index is 6.17. The lowest BCUT2D eigenvalue weighted by Gasteiger charge is -2.08. The molecule has 0 unspecified atom stereocenters. The summed E-state index contributed by atoms with van der Waals surface area (Å²) in [7, 11) is 1.70. The monoisotopic (exact) mass is 227 g/mol. The molecule has 2 N–H and O–H groups in total. The van der Waals surface area contributed by atoms with Crippen LogP contribution < -0.4 is 10.5 Å².